The summed E-state index contributed by atoms with van der Waals surface area (Å²) in [6.07, 6.45) is 3.64. The Balaban J connectivity index is 1.34. The molecular weight excluding hydrogens is 500 g/mol. The van der Waals surface area contributed by atoms with Gasteiger partial charge in [-0.05, 0) is 54.6 Å². The van der Waals surface area contributed by atoms with Crippen LogP contribution in [0.4, 0.5) is 0 Å². The van der Waals surface area contributed by atoms with Crippen LogP contribution in [0.3, 0.4) is 0 Å². The molecule has 39 heavy (non-hydrogen) atoms. The number of fused-ring (bicyclic) bond motifs is 4. The summed E-state index contributed by atoms with van der Waals surface area (Å²) < 4.78 is 8.60. The lowest BCUT2D eigenvalue weighted by Gasteiger charge is -2.10. The van der Waals surface area contributed by atoms with Crippen molar-refractivity contribution in [3.63, 3.8) is 0 Å². The lowest BCUT2D eigenvalue weighted by Crippen LogP contribution is -1.95. The molecule has 184 valence electrons. The van der Waals surface area contributed by atoms with Crippen molar-refractivity contribution in [3.8, 4) is 39.0 Å². The highest BCUT2D eigenvalue weighted by atomic mass is 32.1. The fourth-order valence-electron chi connectivity index (χ4n) is 5.32. The van der Waals surface area contributed by atoms with E-state index < -0.39 is 0 Å². The number of hydrogen-bond donors (Lipinski definition) is 0. The number of rotatable bonds is 4. The van der Waals surface area contributed by atoms with Gasteiger partial charge in [-0.2, -0.15) is 0 Å². The van der Waals surface area contributed by atoms with Gasteiger partial charge in [0.1, 0.15) is 10.5 Å². The zero-order valence-electron chi connectivity index (χ0n) is 20.7. The second-order valence-electron chi connectivity index (χ2n) is 9.36. The van der Waals surface area contributed by atoms with E-state index in [1.165, 1.54) is 10.8 Å². The first-order valence-electron chi connectivity index (χ1n) is 12.7. The van der Waals surface area contributed by atoms with Gasteiger partial charge in [-0.15, -0.1) is 11.3 Å². The molecule has 0 spiro atoms. The van der Waals surface area contributed by atoms with E-state index >= 15 is 0 Å². The molecule has 0 saturated heterocycles. The highest BCUT2D eigenvalue weighted by Gasteiger charge is 2.17. The molecule has 8 aromatic rings. The lowest BCUT2D eigenvalue weighted by molar-refractivity contribution is 0.620. The zero-order chi connectivity index (χ0) is 25.8. The Morgan fingerprint density at radius 1 is 0.667 bits per heavy atom. The van der Waals surface area contributed by atoms with Crippen molar-refractivity contribution in [2.45, 2.75) is 0 Å². The Morgan fingerprint density at radius 2 is 1.56 bits per heavy atom. The standard InChI is InChI=1S/C33H20N4OS/c1-2-12-28-24(9-1)25-15-14-22(32-36-31-26(33-35-17-18-39-33)10-6-13-30(31)38-32)20-29(25)37(28)23-8-5-7-21(19-23)27-11-3-4-16-34-27/h1-20H. The summed E-state index contributed by atoms with van der Waals surface area (Å²) in [5, 5.41) is 5.29. The number of benzene rings is 4. The number of nitrogens with zero attached hydrogens (tertiary/aromatic N) is 4. The van der Waals surface area contributed by atoms with Gasteiger partial charge in [-0.25, -0.2) is 9.97 Å². The molecule has 0 amide bonds. The number of pyridine rings is 1. The minimum absolute atomic E-state index is 0.593. The third-order valence-corrected chi connectivity index (χ3v) is 7.87. The quantitative estimate of drug-likeness (QED) is 0.233. The van der Waals surface area contributed by atoms with Crippen molar-refractivity contribution in [2.75, 3.05) is 0 Å². The molecule has 0 aliphatic rings. The number of para-hydroxylation sites is 2. The number of aromatic nitrogens is 4. The normalized spacial score (nSPS) is 11.6. The van der Waals surface area contributed by atoms with Crippen molar-refractivity contribution in [2.24, 2.45) is 0 Å². The van der Waals surface area contributed by atoms with Crippen molar-refractivity contribution in [1.82, 2.24) is 19.5 Å². The highest BCUT2D eigenvalue weighted by Crippen LogP contribution is 2.37. The monoisotopic (exact) mass is 520 g/mol. The molecule has 4 heterocycles. The lowest BCUT2D eigenvalue weighted by atomic mass is 10.1. The maximum absolute atomic E-state index is 6.29. The fraction of sp³-hybridized carbons (Fsp3) is 0. The summed E-state index contributed by atoms with van der Waals surface area (Å²) in [5.41, 5.74) is 8.82. The van der Waals surface area contributed by atoms with Gasteiger partial charge in [-0.1, -0.05) is 48.5 Å². The Kier molecular flexibility index (Phi) is 4.93. The minimum Gasteiger partial charge on any atom is -0.436 e. The molecule has 0 unspecified atom stereocenters. The van der Waals surface area contributed by atoms with Gasteiger partial charge in [0.25, 0.3) is 0 Å². The van der Waals surface area contributed by atoms with Crippen LogP contribution in [-0.4, -0.2) is 19.5 Å². The highest BCUT2D eigenvalue weighted by molar-refractivity contribution is 7.13. The van der Waals surface area contributed by atoms with E-state index in [2.05, 4.69) is 81.3 Å². The third-order valence-electron chi connectivity index (χ3n) is 7.07. The van der Waals surface area contributed by atoms with E-state index in [9.17, 15) is 0 Å². The van der Waals surface area contributed by atoms with Gasteiger partial charge in [0.15, 0.2) is 5.58 Å². The topological polar surface area (TPSA) is 56.7 Å². The number of hydrogen-bond acceptors (Lipinski definition) is 5. The van der Waals surface area contributed by atoms with Gasteiger partial charge in [0.05, 0.1) is 16.7 Å². The van der Waals surface area contributed by atoms with Crippen LogP contribution in [0.15, 0.2) is 125 Å². The van der Waals surface area contributed by atoms with E-state index in [1.807, 2.05) is 54.2 Å². The molecular formula is C33H20N4OS. The molecule has 0 atom stereocenters. The number of thiazole rings is 1. The predicted molar refractivity (Wildman–Crippen MR) is 158 cm³/mol. The van der Waals surface area contributed by atoms with Crippen molar-refractivity contribution >= 4 is 44.2 Å². The summed E-state index contributed by atoms with van der Waals surface area (Å²) in [6, 6.07) is 35.5. The minimum atomic E-state index is 0.593. The van der Waals surface area contributed by atoms with Gasteiger partial charge < -0.3 is 8.98 Å². The van der Waals surface area contributed by atoms with Crippen molar-refractivity contribution in [3.05, 3.63) is 121 Å². The third kappa shape index (κ3) is 3.57. The smallest absolute Gasteiger partial charge is 0.227 e. The van der Waals surface area contributed by atoms with Crippen LogP contribution >= 0.6 is 11.3 Å². The average Bonchev–Trinajstić information content (AvgIpc) is 3.75. The Labute approximate surface area is 227 Å². The molecule has 0 aliphatic heterocycles. The summed E-state index contributed by atoms with van der Waals surface area (Å²) in [7, 11) is 0. The second-order valence-corrected chi connectivity index (χ2v) is 10.3. The molecule has 0 N–H and O–H groups in total. The van der Waals surface area contributed by atoms with Crippen molar-refractivity contribution < 1.29 is 4.42 Å². The first-order chi connectivity index (χ1) is 19.3. The van der Waals surface area contributed by atoms with Gasteiger partial charge in [-0.3, -0.25) is 4.98 Å². The number of oxazole rings is 1. The van der Waals surface area contributed by atoms with Crippen LogP contribution in [0, 0.1) is 0 Å². The Bertz CT molecular complexity index is 2120. The molecule has 6 heteroatoms. The molecule has 0 fully saturated rings. The van der Waals surface area contributed by atoms with E-state index in [0.29, 0.717) is 5.89 Å². The van der Waals surface area contributed by atoms with Crippen LogP contribution < -0.4 is 0 Å². The van der Waals surface area contributed by atoms with Gasteiger partial charge in [0, 0.05) is 50.9 Å². The Morgan fingerprint density at radius 3 is 2.46 bits per heavy atom. The molecule has 0 bridgehead atoms. The van der Waals surface area contributed by atoms with E-state index in [-0.39, 0.29) is 0 Å². The van der Waals surface area contributed by atoms with Crippen LogP contribution in [0.25, 0.3) is 71.9 Å². The van der Waals surface area contributed by atoms with E-state index in [0.717, 1.165) is 55.2 Å². The molecule has 5 nitrogen and oxygen atoms in total. The molecule has 0 aliphatic carbocycles. The summed E-state index contributed by atoms with van der Waals surface area (Å²) in [5.74, 6) is 0.593. The fourth-order valence-corrected chi connectivity index (χ4v) is 5.98. The molecule has 8 rings (SSSR count). The molecule has 4 aromatic heterocycles. The first kappa shape index (κ1) is 22.0. The summed E-state index contributed by atoms with van der Waals surface area (Å²) in [4.78, 5) is 14.0. The first-order valence-corrected chi connectivity index (χ1v) is 13.6. The Hall–Kier alpha value is -5.07. The van der Waals surface area contributed by atoms with Gasteiger partial charge in [0.2, 0.25) is 5.89 Å². The average molecular weight is 521 g/mol. The van der Waals surface area contributed by atoms with Crippen LogP contribution in [0.5, 0.6) is 0 Å². The molecule has 0 radical (unpaired) electrons. The second kappa shape index (κ2) is 8.75. The van der Waals surface area contributed by atoms with Crippen LogP contribution in [-0.2, 0) is 0 Å². The van der Waals surface area contributed by atoms with E-state index in [1.54, 1.807) is 11.3 Å². The SMILES string of the molecule is c1ccc(-c2cccc(-n3c4ccccc4c4ccc(-c5nc6c(-c7nccs7)cccc6o5)cc43)c2)nc1. The maximum atomic E-state index is 6.29. The zero-order valence-corrected chi connectivity index (χ0v) is 21.5. The van der Waals surface area contributed by atoms with Crippen LogP contribution in [0.1, 0.15) is 0 Å². The van der Waals surface area contributed by atoms with E-state index in [4.69, 9.17) is 9.40 Å². The molecule has 0 saturated carbocycles. The summed E-state index contributed by atoms with van der Waals surface area (Å²) in [6.45, 7) is 0. The largest absolute Gasteiger partial charge is 0.436 e. The van der Waals surface area contributed by atoms with Gasteiger partial charge >= 0.3 is 0 Å². The molecule has 4 aromatic carbocycles. The van der Waals surface area contributed by atoms with Crippen molar-refractivity contribution in [1.29, 1.82) is 0 Å². The maximum Gasteiger partial charge on any atom is 0.227 e. The predicted octanol–water partition coefficient (Wildman–Crippen LogP) is 8.78. The summed E-state index contributed by atoms with van der Waals surface area (Å²) >= 11 is 1.60. The van der Waals surface area contributed by atoms with Crippen LogP contribution in [0.2, 0.25) is 0 Å².